The molecule has 0 atom stereocenters. The van der Waals surface area contributed by atoms with Crippen LogP contribution in [0.15, 0.2) is 0 Å². The second-order valence-electron chi connectivity index (χ2n) is 9.01. The normalized spacial score (nSPS) is 10.9. The van der Waals surface area contributed by atoms with Crippen molar-refractivity contribution in [3.63, 3.8) is 0 Å². The Hall–Kier alpha value is -1.14. The fraction of sp³-hybridized carbons (Fsp3) is 0.923. The summed E-state index contributed by atoms with van der Waals surface area (Å²) in [6.45, 7) is 1.63. The van der Waals surface area contributed by atoms with Gasteiger partial charge in [0.1, 0.15) is 0 Å². The van der Waals surface area contributed by atoms with Crippen molar-refractivity contribution in [3.05, 3.63) is 0 Å². The van der Waals surface area contributed by atoms with Crippen LogP contribution in [0.1, 0.15) is 128 Å². The first-order valence-corrected chi connectivity index (χ1v) is 13.5. The van der Waals surface area contributed by atoms with Crippen molar-refractivity contribution in [2.45, 2.75) is 128 Å². The number of hydrogen-bond acceptors (Lipinski definition) is 4. The number of amides is 2. The molecule has 4 N–H and O–H groups in total. The summed E-state index contributed by atoms with van der Waals surface area (Å²) >= 11 is 0. The van der Waals surface area contributed by atoms with Crippen LogP contribution in [0.25, 0.3) is 0 Å². The Balaban J connectivity index is 3.29. The smallest absolute Gasteiger partial charge is 0.220 e. The molecular formula is C26H52N2O4. The molecule has 6 heteroatoms. The van der Waals surface area contributed by atoms with Crippen LogP contribution >= 0.6 is 0 Å². The molecule has 190 valence electrons. The number of nitrogens with one attached hydrogen (secondary N) is 2. The minimum atomic E-state index is 0.0830. The lowest BCUT2D eigenvalue weighted by Crippen LogP contribution is -2.34. The van der Waals surface area contributed by atoms with Gasteiger partial charge in [0.15, 0.2) is 0 Å². The second kappa shape index (κ2) is 26.1. The topological polar surface area (TPSA) is 98.7 Å². The van der Waals surface area contributed by atoms with Gasteiger partial charge >= 0.3 is 0 Å². The number of unbranched alkanes of at least 4 members (excludes halogenated alkanes) is 16. The van der Waals surface area contributed by atoms with Crippen molar-refractivity contribution < 1.29 is 19.8 Å². The van der Waals surface area contributed by atoms with Crippen molar-refractivity contribution in [2.24, 2.45) is 0 Å². The number of rotatable bonds is 25. The molecular weight excluding hydrogens is 404 g/mol. The third-order valence-electron chi connectivity index (χ3n) is 5.89. The van der Waals surface area contributed by atoms with Crippen LogP contribution in [0, 0.1) is 0 Å². The third kappa shape index (κ3) is 25.1. The van der Waals surface area contributed by atoms with Gasteiger partial charge in [-0.3, -0.25) is 9.59 Å². The first-order valence-electron chi connectivity index (χ1n) is 13.5. The van der Waals surface area contributed by atoms with E-state index in [4.69, 9.17) is 10.2 Å². The van der Waals surface area contributed by atoms with Crippen LogP contribution in [-0.2, 0) is 9.59 Å². The summed E-state index contributed by atoms with van der Waals surface area (Å²) in [5, 5.41) is 23.2. The van der Waals surface area contributed by atoms with Gasteiger partial charge < -0.3 is 20.8 Å². The van der Waals surface area contributed by atoms with Gasteiger partial charge in [0.2, 0.25) is 11.8 Å². The predicted molar refractivity (Wildman–Crippen MR) is 133 cm³/mol. The highest BCUT2D eigenvalue weighted by Gasteiger charge is 2.03. The molecule has 0 aliphatic heterocycles. The molecule has 0 aromatic carbocycles. The van der Waals surface area contributed by atoms with Crippen LogP contribution < -0.4 is 10.6 Å². The zero-order valence-corrected chi connectivity index (χ0v) is 20.7. The summed E-state index contributed by atoms with van der Waals surface area (Å²) in [7, 11) is 0. The zero-order valence-electron chi connectivity index (χ0n) is 20.7. The molecule has 32 heavy (non-hydrogen) atoms. The van der Waals surface area contributed by atoms with Gasteiger partial charge in [-0.15, -0.1) is 0 Å². The quantitative estimate of drug-likeness (QED) is 0.145. The fourth-order valence-corrected chi connectivity index (χ4v) is 3.85. The average Bonchev–Trinajstić information content (AvgIpc) is 2.79. The molecule has 6 nitrogen and oxygen atoms in total. The van der Waals surface area contributed by atoms with Gasteiger partial charge in [0.05, 0.1) is 0 Å². The summed E-state index contributed by atoms with van der Waals surface area (Å²) in [5.41, 5.74) is 0. The molecule has 2 amide bonds. The molecule has 0 spiro atoms. The van der Waals surface area contributed by atoms with Gasteiger partial charge in [-0.2, -0.15) is 0 Å². The molecule has 0 aromatic heterocycles. The Morgan fingerprint density at radius 3 is 0.938 bits per heavy atom. The van der Waals surface area contributed by atoms with Crippen LogP contribution in [-0.4, -0.2) is 48.3 Å². The monoisotopic (exact) mass is 456 g/mol. The molecule has 0 aliphatic carbocycles. The lowest BCUT2D eigenvalue weighted by Gasteiger charge is -2.07. The Morgan fingerprint density at radius 1 is 0.406 bits per heavy atom. The molecule has 0 bridgehead atoms. The number of carbonyl (C=O) groups excluding carboxylic acids is 2. The van der Waals surface area contributed by atoms with E-state index < -0.39 is 0 Å². The van der Waals surface area contributed by atoms with E-state index in [0.29, 0.717) is 39.1 Å². The number of hydrogen-bond donors (Lipinski definition) is 4. The summed E-state index contributed by atoms with van der Waals surface area (Å²) in [6, 6.07) is 0. The molecule has 0 heterocycles. The number of aliphatic hydroxyl groups excluding tert-OH is 2. The van der Waals surface area contributed by atoms with Gasteiger partial charge in [-0.25, -0.2) is 0 Å². The van der Waals surface area contributed by atoms with E-state index in [1.165, 1.54) is 64.2 Å². The second-order valence-corrected chi connectivity index (χ2v) is 9.01. The number of aliphatic hydroxyl groups is 2. The fourth-order valence-electron chi connectivity index (χ4n) is 3.85. The minimum absolute atomic E-state index is 0.0830. The molecule has 0 fully saturated rings. The van der Waals surface area contributed by atoms with Gasteiger partial charge in [0, 0.05) is 39.1 Å². The van der Waals surface area contributed by atoms with Crippen LogP contribution in [0.4, 0.5) is 0 Å². The summed E-state index contributed by atoms with van der Waals surface area (Å²) < 4.78 is 0. The molecule has 0 radical (unpaired) electrons. The maximum atomic E-state index is 11.8. The first-order chi connectivity index (χ1) is 15.7. The molecule has 0 aromatic rings. The molecule has 0 unspecified atom stereocenters. The van der Waals surface area contributed by atoms with Crippen LogP contribution in [0.3, 0.4) is 0 Å². The highest BCUT2D eigenvalue weighted by molar-refractivity contribution is 5.77. The SMILES string of the molecule is O=C(CCCCCCCCCCCO)NCCNC(=O)CCCCCCCCCCCO. The largest absolute Gasteiger partial charge is 0.396 e. The van der Waals surface area contributed by atoms with Crippen LogP contribution in [0.2, 0.25) is 0 Å². The van der Waals surface area contributed by atoms with Crippen molar-refractivity contribution in [1.82, 2.24) is 10.6 Å². The van der Waals surface area contributed by atoms with Crippen molar-refractivity contribution in [2.75, 3.05) is 26.3 Å². The molecule has 0 aliphatic rings. The van der Waals surface area contributed by atoms with E-state index in [1.807, 2.05) is 0 Å². The predicted octanol–water partition coefficient (Wildman–Crippen LogP) is 5.01. The zero-order chi connectivity index (χ0) is 23.5. The highest BCUT2D eigenvalue weighted by atomic mass is 16.3. The molecule has 0 rings (SSSR count). The Labute approximate surface area is 197 Å². The standard InChI is InChI=1S/C26H52N2O4/c29-23-17-13-9-5-1-3-7-11-15-19-25(31)27-21-22-28-26(32)20-16-12-8-4-2-6-10-14-18-24-30/h29-30H,1-24H2,(H,27,31)(H,28,32). The lowest BCUT2D eigenvalue weighted by molar-refractivity contribution is -0.123. The van der Waals surface area contributed by atoms with Gasteiger partial charge in [-0.1, -0.05) is 89.9 Å². The summed E-state index contributed by atoms with van der Waals surface area (Å²) in [4.78, 5) is 23.7. The van der Waals surface area contributed by atoms with Crippen molar-refractivity contribution >= 4 is 11.8 Å². The minimum Gasteiger partial charge on any atom is -0.396 e. The van der Waals surface area contributed by atoms with Crippen LogP contribution in [0.5, 0.6) is 0 Å². The summed E-state index contributed by atoms with van der Waals surface area (Å²) in [6.07, 6.45) is 21.6. The van der Waals surface area contributed by atoms with Gasteiger partial charge in [0.25, 0.3) is 0 Å². The first kappa shape index (κ1) is 30.9. The Bertz CT molecular complexity index is 381. The Morgan fingerprint density at radius 2 is 0.656 bits per heavy atom. The highest BCUT2D eigenvalue weighted by Crippen LogP contribution is 2.11. The maximum Gasteiger partial charge on any atom is 0.220 e. The van der Waals surface area contributed by atoms with E-state index in [0.717, 1.165) is 51.4 Å². The third-order valence-corrected chi connectivity index (χ3v) is 5.89. The van der Waals surface area contributed by atoms with E-state index in [-0.39, 0.29) is 11.8 Å². The van der Waals surface area contributed by atoms with E-state index >= 15 is 0 Å². The van der Waals surface area contributed by atoms with Gasteiger partial charge in [-0.05, 0) is 25.7 Å². The Kier molecular flexibility index (Phi) is 25.2. The molecule has 0 saturated carbocycles. The molecule has 0 saturated heterocycles. The summed E-state index contributed by atoms with van der Waals surface area (Å²) in [5.74, 6) is 0.166. The number of carbonyl (C=O) groups is 2. The lowest BCUT2D eigenvalue weighted by atomic mass is 10.1. The average molecular weight is 457 g/mol. The van der Waals surface area contributed by atoms with E-state index in [2.05, 4.69) is 10.6 Å². The van der Waals surface area contributed by atoms with E-state index in [9.17, 15) is 9.59 Å². The maximum absolute atomic E-state index is 11.8. The van der Waals surface area contributed by atoms with Crippen molar-refractivity contribution in [1.29, 1.82) is 0 Å². The van der Waals surface area contributed by atoms with E-state index in [1.54, 1.807) is 0 Å². The van der Waals surface area contributed by atoms with Crippen molar-refractivity contribution in [3.8, 4) is 0 Å².